The van der Waals surface area contributed by atoms with E-state index in [0.717, 1.165) is 13.8 Å². The predicted molar refractivity (Wildman–Crippen MR) is 133 cm³/mol. The molecule has 6 atom stereocenters. The van der Waals surface area contributed by atoms with Gasteiger partial charge in [0.15, 0.2) is 11.4 Å². The molecule has 0 bridgehead atoms. The van der Waals surface area contributed by atoms with Crippen LogP contribution in [0.25, 0.3) is 0 Å². The number of carbonyl (C=O) groups excluding carboxylic acids is 5. The number of aliphatic hydroxyl groups is 3. The number of nitrogens with zero attached hydrogens (tertiary/aromatic N) is 1. The second kappa shape index (κ2) is 9.70. The molecule has 0 saturated carbocycles. The number of amides is 2. The van der Waals surface area contributed by atoms with Gasteiger partial charge in [-0.05, 0) is 31.6 Å². The molecule has 208 valence electrons. The fourth-order valence-electron chi connectivity index (χ4n) is 6.18. The van der Waals surface area contributed by atoms with Gasteiger partial charge < -0.3 is 24.8 Å². The molecule has 4 rings (SSSR count). The molecule has 1 aromatic rings. The van der Waals surface area contributed by atoms with Gasteiger partial charge in [-0.1, -0.05) is 19.1 Å². The minimum atomic E-state index is -2.98. The summed E-state index contributed by atoms with van der Waals surface area (Å²) in [6.07, 6.45) is -1.64. The number of fused-ring (bicyclic) bond motifs is 3. The number of hydrogen-bond acceptors (Lipinski definition) is 11. The maximum Gasteiger partial charge on any atom is 0.307 e. The van der Waals surface area contributed by atoms with Gasteiger partial charge in [0, 0.05) is 25.3 Å². The zero-order valence-corrected chi connectivity index (χ0v) is 22.3. The molecule has 12 nitrogen and oxygen atoms in total. The molecule has 2 amide bonds. The van der Waals surface area contributed by atoms with Gasteiger partial charge in [-0.3, -0.25) is 34.2 Å². The van der Waals surface area contributed by atoms with Crippen LogP contribution in [0.1, 0.15) is 42.6 Å². The lowest BCUT2D eigenvalue weighted by atomic mass is 9.55. The SMILES string of the molecule is COc1cccc2c1C(=O)C1=C(O)[C@]3(O)C(=O)C(C(=O)NC(C)=O)=C(OC(C)=O)[C@@H](N(C)C)[C@@H]3[C@@H](O)[C@@H]1[C@H]2C. The molecule has 0 spiro atoms. The average molecular weight is 543 g/mol. The largest absolute Gasteiger partial charge is 0.508 e. The van der Waals surface area contributed by atoms with Crippen LogP contribution in [0.2, 0.25) is 0 Å². The first-order chi connectivity index (χ1) is 18.2. The second-order valence-corrected chi connectivity index (χ2v) is 10.2. The standard InChI is InChI=1S/C27H30N2O10/c1-10-13-8-7-9-14(38-6)16(13)21(32)17-15(10)22(33)19-20(29(4)5)23(39-12(3)31)18(26(36)28-11(2)30)25(35)27(19,37)24(17)34/h7-10,15,19-20,22,33-34,37H,1-6H3,(H,28,30,36)/t10-,15+,19+,20-,22-,27-/m0/s1. The van der Waals surface area contributed by atoms with Gasteiger partial charge in [0.25, 0.3) is 5.91 Å². The highest BCUT2D eigenvalue weighted by Gasteiger charge is 2.67. The Hall–Kier alpha value is -3.87. The molecule has 0 unspecified atom stereocenters. The maximum absolute atomic E-state index is 13.9. The fourth-order valence-corrected chi connectivity index (χ4v) is 6.18. The zero-order chi connectivity index (χ0) is 29.1. The van der Waals surface area contributed by atoms with Crippen molar-refractivity contribution >= 4 is 29.4 Å². The molecular weight excluding hydrogens is 512 g/mol. The van der Waals surface area contributed by atoms with Crippen molar-refractivity contribution in [2.24, 2.45) is 11.8 Å². The van der Waals surface area contributed by atoms with Crippen LogP contribution in [-0.4, -0.2) is 88.5 Å². The normalized spacial score (nSPS) is 29.9. The van der Waals surface area contributed by atoms with Crippen molar-refractivity contribution in [1.29, 1.82) is 0 Å². The lowest BCUT2D eigenvalue weighted by molar-refractivity contribution is -0.165. The van der Waals surface area contributed by atoms with Crippen LogP contribution in [0, 0.1) is 11.8 Å². The van der Waals surface area contributed by atoms with Gasteiger partial charge in [0.05, 0.1) is 30.7 Å². The van der Waals surface area contributed by atoms with Gasteiger partial charge in [-0.15, -0.1) is 0 Å². The highest BCUT2D eigenvalue weighted by atomic mass is 16.5. The Balaban J connectivity index is 2.06. The van der Waals surface area contributed by atoms with Crippen LogP contribution in [0.5, 0.6) is 5.75 Å². The first-order valence-corrected chi connectivity index (χ1v) is 12.2. The summed E-state index contributed by atoms with van der Waals surface area (Å²) in [5, 5.41) is 37.3. The van der Waals surface area contributed by atoms with E-state index in [-0.39, 0.29) is 16.9 Å². The summed E-state index contributed by atoms with van der Waals surface area (Å²) in [5.74, 6) is -9.81. The molecular formula is C27H30N2O10. The average Bonchev–Trinajstić information content (AvgIpc) is 2.84. The van der Waals surface area contributed by atoms with E-state index in [1.807, 2.05) is 5.32 Å². The number of rotatable bonds is 4. The maximum atomic E-state index is 13.9. The third-order valence-electron chi connectivity index (χ3n) is 7.70. The topological polar surface area (TPSA) is 180 Å². The van der Waals surface area contributed by atoms with Crippen LogP contribution in [-0.2, 0) is 23.9 Å². The number of ether oxygens (including phenoxy) is 2. The van der Waals surface area contributed by atoms with E-state index in [1.165, 1.54) is 26.1 Å². The summed E-state index contributed by atoms with van der Waals surface area (Å²) in [7, 11) is 4.34. The summed E-state index contributed by atoms with van der Waals surface area (Å²) in [6.45, 7) is 3.77. The predicted octanol–water partition coefficient (Wildman–Crippen LogP) is 0.138. The molecule has 0 aliphatic heterocycles. The van der Waals surface area contributed by atoms with Crippen LogP contribution >= 0.6 is 0 Å². The van der Waals surface area contributed by atoms with Crippen molar-refractivity contribution in [1.82, 2.24) is 10.2 Å². The number of hydrogen-bond donors (Lipinski definition) is 4. The minimum absolute atomic E-state index is 0.109. The summed E-state index contributed by atoms with van der Waals surface area (Å²) >= 11 is 0. The Labute approximate surface area is 223 Å². The Morgan fingerprint density at radius 2 is 1.77 bits per heavy atom. The third-order valence-corrected chi connectivity index (χ3v) is 7.70. The van der Waals surface area contributed by atoms with Crippen molar-refractivity contribution in [3.63, 3.8) is 0 Å². The molecule has 0 aromatic heterocycles. The number of ketones is 2. The first-order valence-electron chi connectivity index (χ1n) is 12.2. The number of benzene rings is 1. The summed E-state index contributed by atoms with van der Waals surface area (Å²) in [4.78, 5) is 65.9. The van der Waals surface area contributed by atoms with Crippen molar-refractivity contribution in [2.45, 2.75) is 44.4 Å². The Kier molecular flexibility index (Phi) is 7.00. The molecule has 1 aromatic carbocycles. The molecule has 3 aliphatic rings. The van der Waals surface area contributed by atoms with Gasteiger partial charge in [-0.25, -0.2) is 0 Å². The number of Topliss-reactive ketones (excluding diaryl/α,β-unsaturated/α-hetero) is 2. The van der Waals surface area contributed by atoms with E-state index in [4.69, 9.17) is 9.47 Å². The second-order valence-electron chi connectivity index (χ2n) is 10.2. The number of esters is 1. The van der Waals surface area contributed by atoms with E-state index >= 15 is 0 Å². The van der Waals surface area contributed by atoms with E-state index in [2.05, 4.69) is 0 Å². The number of aliphatic hydroxyl groups excluding tert-OH is 2. The van der Waals surface area contributed by atoms with Gasteiger partial charge in [-0.2, -0.15) is 0 Å². The molecule has 39 heavy (non-hydrogen) atoms. The number of nitrogens with one attached hydrogen (secondary N) is 1. The number of carbonyl (C=O) groups is 5. The van der Waals surface area contributed by atoms with Crippen molar-refractivity contribution in [2.75, 3.05) is 21.2 Å². The fraction of sp³-hybridized carbons (Fsp3) is 0.444. The molecule has 3 aliphatic carbocycles. The number of likely N-dealkylation sites (N-methyl/N-ethyl adjacent to an activating group) is 1. The van der Waals surface area contributed by atoms with Gasteiger partial charge in [0.1, 0.15) is 22.8 Å². The Morgan fingerprint density at radius 3 is 2.31 bits per heavy atom. The quantitative estimate of drug-likeness (QED) is 0.300. The number of methoxy groups -OCH3 is 1. The molecule has 0 saturated heterocycles. The molecule has 0 heterocycles. The number of imide groups is 1. The minimum Gasteiger partial charge on any atom is -0.508 e. The lowest BCUT2D eigenvalue weighted by Crippen LogP contribution is -2.68. The van der Waals surface area contributed by atoms with Crippen LogP contribution < -0.4 is 10.1 Å². The molecule has 0 radical (unpaired) electrons. The van der Waals surface area contributed by atoms with E-state index in [0.29, 0.717) is 5.56 Å². The highest BCUT2D eigenvalue weighted by molar-refractivity contribution is 6.27. The molecule has 4 N–H and O–H groups in total. The summed E-state index contributed by atoms with van der Waals surface area (Å²) in [5.41, 5.74) is -3.63. The van der Waals surface area contributed by atoms with Crippen LogP contribution in [0.3, 0.4) is 0 Å². The third kappa shape index (κ3) is 3.98. The van der Waals surface area contributed by atoms with Crippen LogP contribution in [0.15, 0.2) is 40.9 Å². The Morgan fingerprint density at radius 1 is 1.13 bits per heavy atom. The zero-order valence-electron chi connectivity index (χ0n) is 22.3. The van der Waals surface area contributed by atoms with Crippen molar-refractivity contribution in [3.05, 3.63) is 52.0 Å². The van der Waals surface area contributed by atoms with E-state index < -0.39 is 81.9 Å². The summed E-state index contributed by atoms with van der Waals surface area (Å²) in [6, 6.07) is 3.59. The smallest absolute Gasteiger partial charge is 0.307 e. The summed E-state index contributed by atoms with van der Waals surface area (Å²) < 4.78 is 10.6. The molecule has 0 fully saturated rings. The van der Waals surface area contributed by atoms with E-state index in [9.17, 15) is 39.3 Å². The first kappa shape index (κ1) is 28.1. The lowest BCUT2D eigenvalue weighted by Gasteiger charge is -2.53. The van der Waals surface area contributed by atoms with Crippen LogP contribution in [0.4, 0.5) is 0 Å². The molecule has 12 heteroatoms. The Bertz CT molecular complexity index is 1380. The van der Waals surface area contributed by atoms with Gasteiger partial charge >= 0.3 is 5.97 Å². The highest BCUT2D eigenvalue weighted by Crippen LogP contribution is 2.55. The van der Waals surface area contributed by atoms with Gasteiger partial charge in [0.2, 0.25) is 11.7 Å². The van der Waals surface area contributed by atoms with Crippen molar-refractivity contribution in [3.8, 4) is 5.75 Å². The van der Waals surface area contributed by atoms with Crippen molar-refractivity contribution < 1.29 is 48.8 Å². The van der Waals surface area contributed by atoms with E-state index in [1.54, 1.807) is 25.1 Å². The monoisotopic (exact) mass is 542 g/mol.